The van der Waals surface area contributed by atoms with E-state index in [9.17, 15) is 27.6 Å². The standard InChI is InChI=1S/C27H44N4O7S2.C2H6.CHN/c1-16-14-19-22(32)28-20(23(33)30-40(36,37)18-11-12-18)17(2)10-8-9-13-39-27(6,7)21(24(34)31(19)15-16)29-25(35)38-26(3,4)5;2*1-2/h8,10,16-21H,9,11-15H2,1-7H3,(H,28,32)(H,29,35)(H,30,33);1-2H3;1H/b10-8+;;/t16?,17-,19-,20?,21?;;/m0../s1. The minimum atomic E-state index is -3.81. The molecule has 3 unspecified atom stereocenters. The van der Waals surface area contributed by atoms with Crippen LogP contribution in [0.3, 0.4) is 0 Å². The van der Waals surface area contributed by atoms with Crippen LogP contribution in [0.25, 0.3) is 0 Å². The third-order valence-electron chi connectivity index (χ3n) is 7.21. The van der Waals surface area contributed by atoms with Crippen LogP contribution >= 0.6 is 11.8 Å². The van der Waals surface area contributed by atoms with Gasteiger partial charge in [-0.25, -0.2) is 18.5 Å². The van der Waals surface area contributed by atoms with Gasteiger partial charge in [-0.05, 0) is 72.0 Å². The van der Waals surface area contributed by atoms with Crippen molar-refractivity contribution in [2.45, 2.75) is 122 Å². The van der Waals surface area contributed by atoms with Gasteiger partial charge in [-0.1, -0.05) is 39.8 Å². The Morgan fingerprint density at radius 2 is 1.75 bits per heavy atom. The van der Waals surface area contributed by atoms with Crippen LogP contribution in [-0.4, -0.2) is 83.2 Å². The van der Waals surface area contributed by atoms with Gasteiger partial charge in [0.05, 0.1) is 5.25 Å². The quantitative estimate of drug-likeness (QED) is 0.382. The number of hydrogen-bond acceptors (Lipinski definition) is 9. The highest BCUT2D eigenvalue weighted by molar-refractivity contribution is 8.00. The zero-order valence-electron chi connectivity index (χ0n) is 27.5. The van der Waals surface area contributed by atoms with E-state index in [0.717, 1.165) is 0 Å². The molecule has 5 atom stereocenters. The largest absolute Gasteiger partial charge is 0.444 e. The van der Waals surface area contributed by atoms with Crippen LogP contribution in [0.4, 0.5) is 4.79 Å². The van der Waals surface area contributed by atoms with E-state index in [-0.39, 0.29) is 5.92 Å². The Hall–Kier alpha value is -2.79. The second-order valence-corrected chi connectivity index (χ2v) is 16.4. The first-order chi connectivity index (χ1) is 20.4. The van der Waals surface area contributed by atoms with Crippen molar-refractivity contribution in [3.63, 3.8) is 0 Å². The summed E-state index contributed by atoms with van der Waals surface area (Å²) in [6.07, 6.45) is 4.91. The van der Waals surface area contributed by atoms with Gasteiger partial charge in [0.25, 0.3) is 5.91 Å². The fraction of sp³-hybridized carbons (Fsp3) is 0.767. The van der Waals surface area contributed by atoms with Gasteiger partial charge in [0.2, 0.25) is 21.8 Å². The Labute approximate surface area is 267 Å². The maximum absolute atomic E-state index is 14.0. The van der Waals surface area contributed by atoms with Gasteiger partial charge in [-0.3, -0.25) is 19.1 Å². The predicted octanol–water partition coefficient (Wildman–Crippen LogP) is 3.48. The molecule has 0 aromatic heterocycles. The average Bonchev–Trinajstić information content (AvgIpc) is 3.72. The number of nitriles is 1. The van der Waals surface area contributed by atoms with Crippen molar-refractivity contribution < 1.29 is 32.3 Å². The SMILES string of the molecule is C#N.CC.CC1C[C@H]2C(=O)NC(C(=O)NS(=O)(=O)C3CC3)[C@@H](C)/C=C/CCSC(C)(C)C(NC(=O)OC(C)(C)C)C(=O)N2C1. The van der Waals surface area contributed by atoms with Crippen molar-refractivity contribution in [3.8, 4) is 6.57 Å². The van der Waals surface area contributed by atoms with Crippen molar-refractivity contribution in [3.05, 3.63) is 12.2 Å². The highest BCUT2D eigenvalue weighted by Gasteiger charge is 2.47. The zero-order chi connectivity index (χ0) is 34.0. The topological polar surface area (TPSA) is 175 Å². The Bertz CT molecular complexity index is 1180. The number of allylic oxidation sites excluding steroid dienone is 1. The summed E-state index contributed by atoms with van der Waals surface area (Å²) in [4.78, 5) is 55.1. The maximum atomic E-state index is 14.0. The summed E-state index contributed by atoms with van der Waals surface area (Å²) < 4.78 is 31.8. The van der Waals surface area contributed by atoms with E-state index in [0.29, 0.717) is 38.0 Å². The Morgan fingerprint density at radius 3 is 2.30 bits per heavy atom. The Morgan fingerprint density at radius 1 is 1.16 bits per heavy atom. The van der Waals surface area contributed by atoms with Crippen molar-refractivity contribution in [2.75, 3.05) is 12.3 Å². The number of rotatable bonds is 4. The number of ether oxygens (including phenoxy) is 1. The second-order valence-electron chi connectivity index (χ2n) is 12.7. The maximum Gasteiger partial charge on any atom is 0.408 e. The molecule has 2 aliphatic heterocycles. The minimum Gasteiger partial charge on any atom is -0.444 e. The molecule has 1 aliphatic carbocycles. The van der Waals surface area contributed by atoms with Crippen LogP contribution < -0.4 is 15.4 Å². The van der Waals surface area contributed by atoms with E-state index in [2.05, 4.69) is 21.9 Å². The number of alkyl carbamates (subject to hydrolysis) is 1. The van der Waals surface area contributed by atoms with E-state index >= 15 is 0 Å². The molecule has 3 rings (SSSR count). The average molecular weight is 658 g/mol. The second kappa shape index (κ2) is 16.5. The molecular formula is C30H51N5O7S2. The summed E-state index contributed by atoms with van der Waals surface area (Å²) in [7, 11) is -3.81. The van der Waals surface area contributed by atoms with E-state index in [1.165, 1.54) is 16.7 Å². The van der Waals surface area contributed by atoms with Crippen LogP contribution in [0, 0.1) is 23.7 Å². The molecule has 250 valence electrons. The molecule has 44 heavy (non-hydrogen) atoms. The number of thioether (sulfide) groups is 1. The minimum absolute atomic E-state index is 0.00633. The number of amides is 4. The molecular weight excluding hydrogens is 606 g/mol. The summed E-state index contributed by atoms with van der Waals surface area (Å²) in [5.41, 5.74) is -0.763. The van der Waals surface area contributed by atoms with Crippen LogP contribution in [0.5, 0.6) is 0 Å². The molecule has 1 saturated heterocycles. The molecule has 2 fully saturated rings. The normalized spacial score (nSPS) is 28.2. The summed E-state index contributed by atoms with van der Waals surface area (Å²) in [6, 6.07) is -3.02. The smallest absolute Gasteiger partial charge is 0.408 e. The highest BCUT2D eigenvalue weighted by Crippen LogP contribution is 2.33. The Balaban J connectivity index is 0.00000232. The third-order valence-corrected chi connectivity index (χ3v) is 10.5. The lowest BCUT2D eigenvalue weighted by Crippen LogP contribution is -2.61. The van der Waals surface area contributed by atoms with E-state index in [1.54, 1.807) is 33.8 Å². The number of hydrogen-bond donors (Lipinski definition) is 3. The van der Waals surface area contributed by atoms with Gasteiger partial charge < -0.3 is 20.3 Å². The van der Waals surface area contributed by atoms with Crippen molar-refractivity contribution >= 4 is 45.6 Å². The first kappa shape index (κ1) is 39.2. The number of nitrogens with zero attached hydrogens (tertiary/aromatic N) is 2. The first-order valence-corrected chi connectivity index (χ1v) is 17.7. The monoisotopic (exact) mass is 657 g/mol. The molecule has 0 spiro atoms. The molecule has 2 heterocycles. The van der Waals surface area contributed by atoms with Crippen molar-refractivity contribution in [2.24, 2.45) is 11.8 Å². The fourth-order valence-electron chi connectivity index (χ4n) is 4.91. The first-order valence-electron chi connectivity index (χ1n) is 15.1. The Kier molecular flexibility index (Phi) is 14.7. The van der Waals surface area contributed by atoms with E-state index < -0.39 is 73.5 Å². The summed E-state index contributed by atoms with van der Waals surface area (Å²) in [6.45, 7) is 20.4. The fourth-order valence-corrected chi connectivity index (χ4v) is 7.35. The van der Waals surface area contributed by atoms with Gasteiger partial charge in [-0.15, -0.1) is 0 Å². The summed E-state index contributed by atoms with van der Waals surface area (Å²) >= 11 is 1.51. The van der Waals surface area contributed by atoms with Crippen molar-refractivity contribution in [1.82, 2.24) is 20.3 Å². The number of sulfonamides is 1. The van der Waals surface area contributed by atoms with Crippen LogP contribution in [0.2, 0.25) is 0 Å². The zero-order valence-corrected chi connectivity index (χ0v) is 29.1. The number of carbonyl (C=O) groups is 4. The molecule has 0 bridgehead atoms. The van der Waals surface area contributed by atoms with E-state index in [4.69, 9.17) is 10.00 Å². The molecule has 3 N–H and O–H groups in total. The van der Waals surface area contributed by atoms with Crippen LogP contribution in [0.1, 0.15) is 88.0 Å². The molecule has 0 aromatic rings. The highest BCUT2D eigenvalue weighted by atomic mass is 32.2. The lowest BCUT2D eigenvalue weighted by atomic mass is 9.98. The van der Waals surface area contributed by atoms with Gasteiger partial charge in [0.15, 0.2) is 0 Å². The molecule has 12 nitrogen and oxygen atoms in total. The van der Waals surface area contributed by atoms with Gasteiger partial charge >= 0.3 is 6.09 Å². The lowest BCUT2D eigenvalue weighted by Gasteiger charge is -2.38. The molecule has 3 aliphatic rings. The van der Waals surface area contributed by atoms with Gasteiger partial charge in [-0.2, -0.15) is 11.8 Å². The third kappa shape index (κ3) is 11.3. The predicted molar refractivity (Wildman–Crippen MR) is 172 cm³/mol. The molecule has 14 heteroatoms. The molecule has 4 amide bonds. The molecule has 0 radical (unpaired) electrons. The van der Waals surface area contributed by atoms with Gasteiger partial charge in [0, 0.05) is 23.8 Å². The molecule has 0 aromatic carbocycles. The number of carbonyl (C=O) groups excluding carboxylic acids is 4. The van der Waals surface area contributed by atoms with Gasteiger partial charge in [0.1, 0.15) is 23.7 Å². The summed E-state index contributed by atoms with van der Waals surface area (Å²) in [5, 5.41) is 11.4. The van der Waals surface area contributed by atoms with Crippen LogP contribution in [-0.2, 0) is 29.1 Å². The molecule has 1 saturated carbocycles. The number of fused-ring (bicyclic) bond motifs is 1. The van der Waals surface area contributed by atoms with E-state index in [1.807, 2.05) is 40.7 Å². The number of nitrogens with one attached hydrogen (secondary N) is 3. The summed E-state index contributed by atoms with van der Waals surface area (Å²) in [5.74, 6) is -1.63. The van der Waals surface area contributed by atoms with Crippen LogP contribution in [0.15, 0.2) is 12.2 Å². The van der Waals surface area contributed by atoms with Crippen molar-refractivity contribution in [1.29, 1.82) is 5.26 Å². The lowest BCUT2D eigenvalue weighted by molar-refractivity contribution is -0.141.